The average molecular weight is 355 g/mol. The van der Waals surface area contributed by atoms with Crippen molar-refractivity contribution in [1.29, 1.82) is 0 Å². The minimum atomic E-state index is 0.153. The number of nitrogens with zero attached hydrogens (tertiary/aromatic N) is 3. The maximum Gasteiger partial charge on any atom is 0.241 e. The molecule has 0 saturated carbocycles. The van der Waals surface area contributed by atoms with Crippen molar-refractivity contribution < 1.29 is 14.3 Å². The highest BCUT2D eigenvalue weighted by Crippen LogP contribution is 2.33. The molecule has 1 aromatic heterocycles. The van der Waals surface area contributed by atoms with E-state index in [9.17, 15) is 4.79 Å². The molecule has 0 spiro atoms. The standard InChI is InChI=1S/C20H25N3O3/c1-15-4-3-5-17(14-15)26-20-19(21-9-10-22-20)16-6-11-23(12-7-16)18(24)8-13-25-2/h3-5,9-10,14,16H,6-8,11-13H2,1-2H3. The molecule has 138 valence electrons. The summed E-state index contributed by atoms with van der Waals surface area (Å²) in [5.41, 5.74) is 2.01. The maximum absolute atomic E-state index is 12.1. The smallest absolute Gasteiger partial charge is 0.241 e. The van der Waals surface area contributed by atoms with Gasteiger partial charge in [-0.25, -0.2) is 4.98 Å². The van der Waals surface area contributed by atoms with Gasteiger partial charge in [-0.05, 0) is 37.5 Å². The molecule has 0 unspecified atom stereocenters. The van der Waals surface area contributed by atoms with Crippen molar-refractivity contribution in [3.8, 4) is 11.6 Å². The highest BCUT2D eigenvalue weighted by Gasteiger charge is 2.27. The van der Waals surface area contributed by atoms with Crippen molar-refractivity contribution >= 4 is 5.91 Å². The van der Waals surface area contributed by atoms with Crippen LogP contribution in [0.1, 0.15) is 36.4 Å². The molecular weight excluding hydrogens is 330 g/mol. The van der Waals surface area contributed by atoms with E-state index < -0.39 is 0 Å². The molecule has 1 fully saturated rings. The highest BCUT2D eigenvalue weighted by molar-refractivity contribution is 5.76. The number of hydrogen-bond donors (Lipinski definition) is 0. The fourth-order valence-corrected chi connectivity index (χ4v) is 3.23. The Bertz CT molecular complexity index is 743. The third kappa shape index (κ3) is 4.58. The van der Waals surface area contributed by atoms with Crippen LogP contribution >= 0.6 is 0 Å². The highest BCUT2D eigenvalue weighted by atomic mass is 16.5. The summed E-state index contributed by atoms with van der Waals surface area (Å²) in [7, 11) is 1.61. The number of benzene rings is 1. The molecule has 2 heterocycles. The van der Waals surface area contributed by atoms with Crippen LogP contribution < -0.4 is 4.74 Å². The molecule has 6 nitrogen and oxygen atoms in total. The molecule has 26 heavy (non-hydrogen) atoms. The van der Waals surface area contributed by atoms with Crippen molar-refractivity contribution in [1.82, 2.24) is 14.9 Å². The predicted molar refractivity (Wildman–Crippen MR) is 98.3 cm³/mol. The molecule has 0 radical (unpaired) electrons. The molecule has 1 saturated heterocycles. The SMILES string of the molecule is COCCC(=O)N1CCC(c2nccnc2Oc2cccc(C)c2)CC1. The lowest BCUT2D eigenvalue weighted by molar-refractivity contribution is -0.133. The molecule has 1 aromatic carbocycles. The summed E-state index contributed by atoms with van der Waals surface area (Å²) in [5, 5.41) is 0. The van der Waals surface area contributed by atoms with Gasteiger partial charge in [0, 0.05) is 38.5 Å². The third-order valence-electron chi connectivity index (χ3n) is 4.65. The van der Waals surface area contributed by atoms with E-state index in [0.29, 0.717) is 18.9 Å². The Hall–Kier alpha value is -2.47. The van der Waals surface area contributed by atoms with Crippen molar-refractivity contribution in [2.45, 2.75) is 32.1 Å². The number of rotatable bonds is 6. The zero-order chi connectivity index (χ0) is 18.4. The molecule has 1 aliphatic heterocycles. The lowest BCUT2D eigenvalue weighted by Gasteiger charge is -2.32. The Balaban J connectivity index is 1.66. The van der Waals surface area contributed by atoms with Gasteiger partial charge < -0.3 is 14.4 Å². The van der Waals surface area contributed by atoms with Crippen LogP contribution in [0.4, 0.5) is 0 Å². The van der Waals surface area contributed by atoms with E-state index in [1.165, 1.54) is 0 Å². The first-order valence-electron chi connectivity index (χ1n) is 8.99. The predicted octanol–water partition coefficient (Wildman–Crippen LogP) is 3.32. The van der Waals surface area contributed by atoms with Crippen molar-refractivity contribution in [3.05, 3.63) is 47.9 Å². The minimum Gasteiger partial charge on any atom is -0.437 e. The Morgan fingerprint density at radius 2 is 2.00 bits per heavy atom. The van der Waals surface area contributed by atoms with Gasteiger partial charge in [-0.2, -0.15) is 0 Å². The summed E-state index contributed by atoms with van der Waals surface area (Å²) >= 11 is 0. The average Bonchev–Trinajstić information content (AvgIpc) is 2.67. The van der Waals surface area contributed by atoms with Gasteiger partial charge in [0.1, 0.15) is 11.4 Å². The van der Waals surface area contributed by atoms with Gasteiger partial charge in [0.25, 0.3) is 0 Å². The number of methoxy groups -OCH3 is 1. The Morgan fingerprint density at radius 3 is 2.73 bits per heavy atom. The Morgan fingerprint density at radius 1 is 1.23 bits per heavy atom. The second-order valence-electron chi connectivity index (χ2n) is 6.56. The molecule has 0 bridgehead atoms. The lowest BCUT2D eigenvalue weighted by Crippen LogP contribution is -2.38. The fraction of sp³-hybridized carbons (Fsp3) is 0.450. The van der Waals surface area contributed by atoms with Gasteiger partial charge >= 0.3 is 0 Å². The van der Waals surface area contributed by atoms with E-state index in [4.69, 9.17) is 9.47 Å². The third-order valence-corrected chi connectivity index (χ3v) is 4.65. The molecular formula is C20H25N3O3. The zero-order valence-corrected chi connectivity index (χ0v) is 15.4. The number of ether oxygens (including phenoxy) is 2. The number of carbonyl (C=O) groups is 1. The van der Waals surface area contributed by atoms with Gasteiger partial charge in [-0.15, -0.1) is 0 Å². The first-order valence-corrected chi connectivity index (χ1v) is 8.99. The number of aromatic nitrogens is 2. The summed E-state index contributed by atoms with van der Waals surface area (Å²) in [6.07, 6.45) is 5.52. The van der Waals surface area contributed by atoms with Gasteiger partial charge in [-0.1, -0.05) is 12.1 Å². The minimum absolute atomic E-state index is 0.153. The Kier molecular flexibility index (Phi) is 6.17. The van der Waals surface area contributed by atoms with E-state index in [0.717, 1.165) is 42.9 Å². The molecule has 0 N–H and O–H groups in total. The number of likely N-dealkylation sites (tertiary alicyclic amines) is 1. The number of amides is 1. The largest absolute Gasteiger partial charge is 0.437 e. The first-order chi connectivity index (χ1) is 12.7. The monoisotopic (exact) mass is 355 g/mol. The van der Waals surface area contributed by atoms with Crippen LogP contribution in [0.5, 0.6) is 11.6 Å². The number of carbonyl (C=O) groups excluding carboxylic acids is 1. The molecule has 3 rings (SSSR count). The summed E-state index contributed by atoms with van der Waals surface area (Å²) in [5.74, 6) is 1.72. The van der Waals surface area contributed by atoms with E-state index in [2.05, 4.69) is 9.97 Å². The van der Waals surface area contributed by atoms with Crippen LogP contribution in [-0.4, -0.2) is 47.6 Å². The van der Waals surface area contributed by atoms with Crippen molar-refractivity contribution in [3.63, 3.8) is 0 Å². The van der Waals surface area contributed by atoms with Crippen LogP contribution in [0.15, 0.2) is 36.7 Å². The molecule has 0 aliphatic carbocycles. The fourth-order valence-electron chi connectivity index (χ4n) is 3.23. The number of piperidine rings is 1. The van der Waals surface area contributed by atoms with E-state index >= 15 is 0 Å². The number of aryl methyl sites for hydroxylation is 1. The summed E-state index contributed by atoms with van der Waals surface area (Å²) in [6.45, 7) is 3.96. The van der Waals surface area contributed by atoms with Crippen molar-refractivity contribution in [2.24, 2.45) is 0 Å². The quantitative estimate of drug-likeness (QED) is 0.795. The van der Waals surface area contributed by atoms with Gasteiger partial charge in [0.05, 0.1) is 13.0 Å². The molecule has 0 atom stereocenters. The molecule has 1 amide bonds. The van der Waals surface area contributed by atoms with Gasteiger partial charge in [0.2, 0.25) is 11.8 Å². The second kappa shape index (κ2) is 8.76. The van der Waals surface area contributed by atoms with Crippen LogP contribution in [0, 0.1) is 6.92 Å². The summed E-state index contributed by atoms with van der Waals surface area (Å²) in [6, 6.07) is 7.89. The second-order valence-corrected chi connectivity index (χ2v) is 6.56. The van der Waals surface area contributed by atoms with Crippen LogP contribution in [0.25, 0.3) is 0 Å². The normalized spacial score (nSPS) is 15.1. The van der Waals surface area contributed by atoms with Crippen LogP contribution in [0.3, 0.4) is 0 Å². The first kappa shape index (κ1) is 18.3. The Labute approximate surface area is 154 Å². The van der Waals surface area contributed by atoms with E-state index in [1.54, 1.807) is 19.5 Å². The summed E-state index contributed by atoms with van der Waals surface area (Å²) < 4.78 is 11.0. The molecule has 2 aromatic rings. The van der Waals surface area contributed by atoms with E-state index in [1.807, 2.05) is 36.1 Å². The van der Waals surface area contributed by atoms with E-state index in [-0.39, 0.29) is 11.8 Å². The lowest BCUT2D eigenvalue weighted by atomic mass is 9.93. The number of hydrogen-bond acceptors (Lipinski definition) is 5. The molecule has 6 heteroatoms. The van der Waals surface area contributed by atoms with Gasteiger partial charge in [-0.3, -0.25) is 9.78 Å². The van der Waals surface area contributed by atoms with Crippen molar-refractivity contribution in [2.75, 3.05) is 26.8 Å². The maximum atomic E-state index is 12.1. The van der Waals surface area contributed by atoms with Crippen LogP contribution in [0.2, 0.25) is 0 Å². The topological polar surface area (TPSA) is 64.5 Å². The van der Waals surface area contributed by atoms with Gasteiger partial charge in [0.15, 0.2) is 0 Å². The summed E-state index contributed by atoms with van der Waals surface area (Å²) in [4.78, 5) is 23.0. The zero-order valence-electron chi connectivity index (χ0n) is 15.4. The molecule has 1 aliphatic rings. The van der Waals surface area contributed by atoms with Crippen LogP contribution in [-0.2, 0) is 9.53 Å².